The van der Waals surface area contributed by atoms with Crippen LogP contribution in [0, 0.1) is 0 Å². The second-order valence-corrected chi connectivity index (χ2v) is 4.05. The zero-order valence-electron chi connectivity index (χ0n) is 7.71. The third-order valence-electron chi connectivity index (χ3n) is 2.00. The Morgan fingerprint density at radius 1 is 1.47 bits per heavy atom. The van der Waals surface area contributed by atoms with E-state index in [4.69, 9.17) is 4.74 Å². The van der Waals surface area contributed by atoms with Gasteiger partial charge in [0.05, 0.1) is 25.0 Å². The van der Waals surface area contributed by atoms with Gasteiger partial charge in [-0.1, -0.05) is 3.89 Å². The van der Waals surface area contributed by atoms with Crippen molar-refractivity contribution < 1.29 is 17.0 Å². The zero-order valence-corrected chi connectivity index (χ0v) is 8.53. The number of ether oxygens (including phenoxy) is 1. The molecule has 7 heteroatoms. The van der Waals surface area contributed by atoms with Crippen molar-refractivity contribution >= 4 is 21.3 Å². The Kier molecular flexibility index (Phi) is 2.11. The fourth-order valence-corrected chi connectivity index (χ4v) is 1.95. The van der Waals surface area contributed by atoms with E-state index in [0.29, 0.717) is 15.1 Å². The largest absolute Gasteiger partial charge is 0.494 e. The van der Waals surface area contributed by atoms with Crippen molar-refractivity contribution in [1.82, 2.24) is 8.96 Å². The van der Waals surface area contributed by atoms with Gasteiger partial charge in [0, 0.05) is 11.6 Å². The van der Waals surface area contributed by atoms with E-state index in [-0.39, 0.29) is 5.52 Å². The summed E-state index contributed by atoms with van der Waals surface area (Å²) in [6.07, 6.45) is 3.80. The molecule has 0 aliphatic carbocycles. The maximum atomic E-state index is 12.8. The van der Waals surface area contributed by atoms with Gasteiger partial charge >= 0.3 is 10.4 Å². The molecule has 2 heterocycles. The van der Waals surface area contributed by atoms with Crippen LogP contribution < -0.4 is 4.74 Å². The Hall–Kier alpha value is -1.63. The van der Waals surface area contributed by atoms with E-state index in [1.54, 1.807) is 0 Å². The number of halogens is 1. The first-order chi connectivity index (χ1) is 7.04. The molecule has 0 atom stereocenters. The molecule has 5 nitrogen and oxygen atoms in total. The van der Waals surface area contributed by atoms with Crippen LogP contribution in [0.15, 0.2) is 24.7 Å². The number of nitrogens with zero attached hydrogens (tertiary/aromatic N) is 2. The molecular formula is C8H7FN2O3S. The van der Waals surface area contributed by atoms with Crippen molar-refractivity contribution in [2.75, 3.05) is 7.11 Å². The molecule has 0 unspecified atom stereocenters. The highest BCUT2D eigenvalue weighted by Crippen LogP contribution is 2.26. The van der Waals surface area contributed by atoms with Crippen LogP contribution in [0.3, 0.4) is 0 Å². The SMILES string of the molecule is COc1cncc2c1ccn2S(=O)(=O)F. The molecule has 0 aliphatic heterocycles. The molecule has 0 bridgehead atoms. The van der Waals surface area contributed by atoms with Crippen LogP contribution in [0.2, 0.25) is 0 Å². The first-order valence-electron chi connectivity index (χ1n) is 3.98. The van der Waals surface area contributed by atoms with E-state index >= 15 is 0 Å². The summed E-state index contributed by atoms with van der Waals surface area (Å²) in [5.41, 5.74) is 0.150. The first kappa shape index (κ1) is 9.91. The summed E-state index contributed by atoms with van der Waals surface area (Å²) in [6, 6.07) is 1.45. The summed E-state index contributed by atoms with van der Waals surface area (Å²) in [5.74, 6) is 0.398. The third kappa shape index (κ3) is 1.54. The molecule has 0 saturated heterocycles. The second-order valence-electron chi connectivity index (χ2n) is 2.83. The van der Waals surface area contributed by atoms with Gasteiger partial charge in [-0.2, -0.15) is 8.42 Å². The topological polar surface area (TPSA) is 61.2 Å². The summed E-state index contributed by atoms with van der Waals surface area (Å²) in [5, 5.41) is 0.494. The smallest absolute Gasteiger partial charge is 0.403 e. The lowest BCUT2D eigenvalue weighted by Crippen LogP contribution is -2.03. The van der Waals surface area contributed by atoms with Crippen molar-refractivity contribution in [3.05, 3.63) is 24.7 Å². The highest BCUT2D eigenvalue weighted by atomic mass is 32.3. The number of methoxy groups -OCH3 is 1. The monoisotopic (exact) mass is 230 g/mol. The molecule has 0 radical (unpaired) electrons. The molecule has 0 spiro atoms. The number of aromatic nitrogens is 2. The van der Waals surface area contributed by atoms with Gasteiger partial charge in [-0.05, 0) is 6.07 Å². The fraction of sp³-hybridized carbons (Fsp3) is 0.125. The molecule has 0 N–H and O–H groups in total. The standard InChI is InChI=1S/C8H7FN2O3S/c1-14-8-5-10-4-7-6(8)2-3-11(7)15(9,12)13/h2-5H,1H3. The van der Waals surface area contributed by atoms with Gasteiger partial charge in [0.25, 0.3) is 0 Å². The average molecular weight is 230 g/mol. The zero-order chi connectivity index (χ0) is 11.1. The van der Waals surface area contributed by atoms with E-state index < -0.39 is 10.4 Å². The lowest BCUT2D eigenvalue weighted by atomic mass is 10.3. The van der Waals surface area contributed by atoms with Crippen LogP contribution in [0.25, 0.3) is 10.9 Å². The van der Waals surface area contributed by atoms with Crippen LogP contribution in [-0.4, -0.2) is 24.5 Å². The van der Waals surface area contributed by atoms with Crippen LogP contribution in [0.5, 0.6) is 5.75 Å². The minimum Gasteiger partial charge on any atom is -0.494 e. The maximum Gasteiger partial charge on any atom is 0.403 e. The summed E-state index contributed by atoms with van der Waals surface area (Å²) in [7, 11) is -3.36. The number of fused-ring (bicyclic) bond motifs is 1. The van der Waals surface area contributed by atoms with Gasteiger partial charge in [-0.3, -0.25) is 4.98 Å². The predicted molar refractivity (Wildman–Crippen MR) is 51.7 cm³/mol. The van der Waals surface area contributed by atoms with Gasteiger partial charge in [0.15, 0.2) is 0 Å². The Balaban J connectivity index is 2.83. The van der Waals surface area contributed by atoms with Gasteiger partial charge in [0.1, 0.15) is 5.75 Å². The van der Waals surface area contributed by atoms with Crippen molar-refractivity contribution in [2.45, 2.75) is 0 Å². The molecule has 2 aromatic rings. The number of pyridine rings is 1. The van der Waals surface area contributed by atoms with Gasteiger partial charge in [0.2, 0.25) is 0 Å². The molecule has 2 aromatic heterocycles. The van der Waals surface area contributed by atoms with E-state index in [1.807, 2.05) is 0 Å². The van der Waals surface area contributed by atoms with E-state index in [2.05, 4.69) is 4.98 Å². The molecule has 2 rings (SSSR count). The number of hydrogen-bond donors (Lipinski definition) is 0. The quantitative estimate of drug-likeness (QED) is 0.725. The van der Waals surface area contributed by atoms with Crippen LogP contribution in [0.1, 0.15) is 0 Å². The van der Waals surface area contributed by atoms with Crippen molar-refractivity contribution in [3.8, 4) is 5.75 Å². The summed E-state index contributed by atoms with van der Waals surface area (Å²) in [4.78, 5) is 3.75. The Labute approximate surface area is 85.5 Å². The molecule has 0 amide bonds. The molecule has 0 aromatic carbocycles. The fourth-order valence-electron chi connectivity index (χ4n) is 1.36. The summed E-state index contributed by atoms with van der Waals surface area (Å²) >= 11 is 0. The second kappa shape index (κ2) is 3.20. The van der Waals surface area contributed by atoms with Crippen molar-refractivity contribution in [1.29, 1.82) is 0 Å². The van der Waals surface area contributed by atoms with Gasteiger partial charge in [-0.25, -0.2) is 3.97 Å². The highest BCUT2D eigenvalue weighted by molar-refractivity contribution is 7.85. The Morgan fingerprint density at radius 2 is 2.20 bits per heavy atom. The number of rotatable bonds is 2. The van der Waals surface area contributed by atoms with Crippen molar-refractivity contribution in [2.24, 2.45) is 0 Å². The average Bonchev–Trinajstić information content (AvgIpc) is 2.59. The molecule has 0 fully saturated rings. The third-order valence-corrected chi connectivity index (χ3v) is 2.79. The molecule has 0 saturated carbocycles. The van der Waals surface area contributed by atoms with E-state index in [0.717, 1.165) is 6.20 Å². The molecule has 15 heavy (non-hydrogen) atoms. The summed E-state index contributed by atoms with van der Waals surface area (Å²) in [6.45, 7) is 0. The molecular weight excluding hydrogens is 223 g/mol. The first-order valence-corrected chi connectivity index (χ1v) is 5.32. The Bertz CT molecular complexity index is 605. The normalized spacial score (nSPS) is 11.9. The van der Waals surface area contributed by atoms with E-state index in [9.17, 15) is 12.3 Å². The highest BCUT2D eigenvalue weighted by Gasteiger charge is 2.15. The van der Waals surface area contributed by atoms with Gasteiger partial charge < -0.3 is 4.74 Å². The van der Waals surface area contributed by atoms with E-state index in [1.165, 1.54) is 25.6 Å². The minimum absolute atomic E-state index is 0.150. The van der Waals surface area contributed by atoms with Crippen LogP contribution in [-0.2, 0) is 10.4 Å². The predicted octanol–water partition coefficient (Wildman–Crippen LogP) is 1.11. The molecule has 0 aliphatic rings. The van der Waals surface area contributed by atoms with Gasteiger partial charge in [-0.15, -0.1) is 0 Å². The molecule has 80 valence electrons. The minimum atomic E-state index is -4.79. The van der Waals surface area contributed by atoms with Crippen LogP contribution >= 0.6 is 0 Å². The Morgan fingerprint density at radius 3 is 2.80 bits per heavy atom. The lowest BCUT2D eigenvalue weighted by Gasteiger charge is -2.01. The van der Waals surface area contributed by atoms with Crippen LogP contribution in [0.4, 0.5) is 3.89 Å². The summed E-state index contributed by atoms with van der Waals surface area (Å²) < 4.78 is 39.7. The number of hydrogen-bond acceptors (Lipinski definition) is 4. The lowest BCUT2D eigenvalue weighted by molar-refractivity contribution is 0.418. The van der Waals surface area contributed by atoms with Crippen molar-refractivity contribution in [3.63, 3.8) is 0 Å². The maximum absolute atomic E-state index is 12.8.